The predicted molar refractivity (Wildman–Crippen MR) is 101 cm³/mol. The van der Waals surface area contributed by atoms with Crippen LogP contribution in [0.1, 0.15) is 62.3 Å². The third-order valence-electron chi connectivity index (χ3n) is 6.65. The molecule has 6 nitrogen and oxygen atoms in total. The number of anilines is 1. The van der Waals surface area contributed by atoms with E-state index in [2.05, 4.69) is 15.5 Å². The average Bonchev–Trinajstić information content (AvgIpc) is 3.61. The van der Waals surface area contributed by atoms with Crippen LogP contribution in [0, 0.1) is 11.2 Å². The van der Waals surface area contributed by atoms with Crippen LogP contribution in [0.25, 0.3) is 0 Å². The predicted octanol–water partition coefficient (Wildman–Crippen LogP) is 3.68. The van der Waals surface area contributed by atoms with Crippen LogP contribution >= 0.6 is 0 Å². The lowest BCUT2D eigenvalue weighted by atomic mass is 9.93. The molecule has 1 N–H and O–H groups in total. The Bertz CT molecular complexity index is 867. The van der Waals surface area contributed by atoms with E-state index < -0.39 is 6.04 Å². The second-order valence-corrected chi connectivity index (χ2v) is 8.64. The molecule has 1 spiro atoms. The van der Waals surface area contributed by atoms with E-state index in [4.69, 9.17) is 4.42 Å². The number of benzene rings is 1. The van der Waals surface area contributed by atoms with Crippen LogP contribution in [0.4, 0.5) is 10.4 Å². The van der Waals surface area contributed by atoms with Gasteiger partial charge in [-0.05, 0) is 68.1 Å². The van der Waals surface area contributed by atoms with Gasteiger partial charge < -0.3 is 14.6 Å². The van der Waals surface area contributed by atoms with Gasteiger partial charge in [-0.25, -0.2) is 4.39 Å². The van der Waals surface area contributed by atoms with Crippen molar-refractivity contribution in [1.82, 2.24) is 15.1 Å². The number of hydrogen-bond donors (Lipinski definition) is 1. The largest absolute Gasteiger partial charge is 0.408 e. The molecule has 148 valence electrons. The van der Waals surface area contributed by atoms with Gasteiger partial charge in [0.15, 0.2) is 0 Å². The molecular weight excluding hydrogens is 359 g/mol. The van der Waals surface area contributed by atoms with Gasteiger partial charge in [0.05, 0.1) is 0 Å². The second kappa shape index (κ2) is 6.57. The highest BCUT2D eigenvalue weighted by atomic mass is 19.1. The van der Waals surface area contributed by atoms with Gasteiger partial charge in [0, 0.05) is 19.0 Å². The van der Waals surface area contributed by atoms with E-state index in [9.17, 15) is 9.18 Å². The van der Waals surface area contributed by atoms with Crippen LogP contribution < -0.4 is 5.32 Å². The highest BCUT2D eigenvalue weighted by Gasteiger charge is 2.46. The third kappa shape index (κ3) is 3.38. The van der Waals surface area contributed by atoms with E-state index in [1.165, 1.54) is 25.0 Å². The molecule has 0 radical (unpaired) electrons. The highest BCUT2D eigenvalue weighted by Crippen LogP contribution is 2.54. The molecule has 5 rings (SSSR count). The number of nitrogens with zero attached hydrogens (tertiary/aromatic N) is 3. The molecule has 2 aromatic rings. The SMILES string of the molecule is C[C@@H](Nc1nnc([C@H]2C[C@@H]2c2ccc(F)cc2)o1)C(=O)N1CCC2(CC1)CC2. The lowest BCUT2D eigenvalue weighted by Gasteiger charge is -2.33. The molecule has 1 aromatic carbocycles. The normalized spacial score (nSPS) is 26.1. The molecule has 2 heterocycles. The van der Waals surface area contributed by atoms with E-state index in [-0.39, 0.29) is 29.6 Å². The second-order valence-electron chi connectivity index (χ2n) is 8.64. The number of amides is 1. The van der Waals surface area contributed by atoms with Crippen molar-refractivity contribution in [1.29, 1.82) is 0 Å². The Morgan fingerprint density at radius 3 is 2.57 bits per heavy atom. The van der Waals surface area contributed by atoms with Crippen molar-refractivity contribution in [2.75, 3.05) is 18.4 Å². The maximum atomic E-state index is 13.1. The number of nitrogens with one attached hydrogen (secondary N) is 1. The van der Waals surface area contributed by atoms with Gasteiger partial charge in [-0.3, -0.25) is 4.79 Å². The summed E-state index contributed by atoms with van der Waals surface area (Å²) in [4.78, 5) is 14.6. The molecule has 7 heteroatoms. The van der Waals surface area contributed by atoms with Gasteiger partial charge in [0.25, 0.3) is 0 Å². The first-order valence-corrected chi connectivity index (χ1v) is 10.2. The number of rotatable bonds is 5. The number of carbonyl (C=O) groups excluding carboxylic acids is 1. The number of halogens is 1. The van der Waals surface area contributed by atoms with Crippen molar-refractivity contribution in [3.63, 3.8) is 0 Å². The molecule has 1 aliphatic heterocycles. The topological polar surface area (TPSA) is 71.3 Å². The van der Waals surface area contributed by atoms with Gasteiger partial charge in [-0.15, -0.1) is 5.10 Å². The van der Waals surface area contributed by atoms with Gasteiger partial charge in [-0.2, -0.15) is 0 Å². The monoisotopic (exact) mass is 384 g/mol. The van der Waals surface area contributed by atoms with Gasteiger partial charge in [0.1, 0.15) is 11.9 Å². The number of hydrogen-bond acceptors (Lipinski definition) is 5. The lowest BCUT2D eigenvalue weighted by molar-refractivity contribution is -0.133. The Labute approximate surface area is 163 Å². The molecule has 3 atom stereocenters. The Morgan fingerprint density at radius 2 is 1.89 bits per heavy atom. The van der Waals surface area contributed by atoms with Crippen molar-refractivity contribution in [2.24, 2.45) is 5.41 Å². The van der Waals surface area contributed by atoms with E-state index in [1.54, 1.807) is 12.1 Å². The van der Waals surface area contributed by atoms with E-state index in [1.807, 2.05) is 11.8 Å². The van der Waals surface area contributed by atoms with E-state index in [0.29, 0.717) is 11.3 Å². The standard InChI is InChI=1S/C21H25FN4O2/c1-13(19(27)26-10-8-21(6-7-21)9-11-26)23-20-25-24-18(28-20)17-12-16(17)14-2-4-15(22)5-3-14/h2-5,13,16-17H,6-12H2,1H3,(H,23,25)/t13-,16-,17+/m1/s1. The zero-order chi connectivity index (χ0) is 19.3. The molecule has 2 aliphatic carbocycles. The first-order valence-electron chi connectivity index (χ1n) is 10.2. The average molecular weight is 384 g/mol. The zero-order valence-corrected chi connectivity index (χ0v) is 16.0. The fourth-order valence-corrected chi connectivity index (χ4v) is 4.39. The molecule has 28 heavy (non-hydrogen) atoms. The van der Waals surface area contributed by atoms with Crippen molar-refractivity contribution in [3.05, 3.63) is 41.5 Å². The summed E-state index contributed by atoms with van der Waals surface area (Å²) >= 11 is 0. The summed E-state index contributed by atoms with van der Waals surface area (Å²) in [5.74, 6) is 0.883. The van der Waals surface area contributed by atoms with Crippen molar-refractivity contribution >= 4 is 11.9 Å². The molecule has 3 aliphatic rings. The Morgan fingerprint density at radius 1 is 1.18 bits per heavy atom. The third-order valence-corrected chi connectivity index (χ3v) is 6.65. The first-order chi connectivity index (χ1) is 13.5. The fraction of sp³-hybridized carbons (Fsp3) is 0.571. The molecule has 2 saturated carbocycles. The number of likely N-dealkylation sites (tertiary alicyclic amines) is 1. The summed E-state index contributed by atoms with van der Waals surface area (Å²) in [5, 5.41) is 11.3. The van der Waals surface area contributed by atoms with Gasteiger partial charge >= 0.3 is 6.01 Å². The van der Waals surface area contributed by atoms with Crippen LogP contribution in [0.15, 0.2) is 28.7 Å². The van der Waals surface area contributed by atoms with Crippen LogP contribution in [-0.2, 0) is 4.79 Å². The summed E-state index contributed by atoms with van der Waals surface area (Å²) < 4.78 is 18.8. The molecule has 1 saturated heterocycles. The van der Waals surface area contributed by atoms with Crippen LogP contribution in [0.3, 0.4) is 0 Å². The van der Waals surface area contributed by atoms with Crippen LogP contribution in [0.5, 0.6) is 0 Å². The van der Waals surface area contributed by atoms with Crippen molar-refractivity contribution in [2.45, 2.75) is 56.9 Å². The zero-order valence-electron chi connectivity index (χ0n) is 16.0. The Hall–Kier alpha value is -2.44. The quantitative estimate of drug-likeness (QED) is 0.851. The Balaban J connectivity index is 1.16. The molecule has 0 bridgehead atoms. The van der Waals surface area contributed by atoms with Crippen LogP contribution in [0.2, 0.25) is 0 Å². The molecular formula is C21H25FN4O2. The van der Waals surface area contributed by atoms with E-state index >= 15 is 0 Å². The lowest BCUT2D eigenvalue weighted by Crippen LogP contribution is -2.45. The smallest absolute Gasteiger partial charge is 0.316 e. The maximum absolute atomic E-state index is 13.1. The van der Waals surface area contributed by atoms with Crippen molar-refractivity contribution < 1.29 is 13.6 Å². The fourth-order valence-electron chi connectivity index (χ4n) is 4.39. The molecule has 3 fully saturated rings. The van der Waals surface area contributed by atoms with Crippen LogP contribution in [-0.4, -0.2) is 40.1 Å². The van der Waals surface area contributed by atoms with Gasteiger partial charge in [-0.1, -0.05) is 17.2 Å². The molecule has 0 unspecified atom stereocenters. The summed E-state index contributed by atoms with van der Waals surface area (Å²) in [6.07, 6.45) is 5.82. The summed E-state index contributed by atoms with van der Waals surface area (Å²) in [7, 11) is 0. The number of aromatic nitrogens is 2. The number of carbonyl (C=O) groups is 1. The minimum absolute atomic E-state index is 0.0888. The summed E-state index contributed by atoms with van der Waals surface area (Å²) in [5.41, 5.74) is 1.64. The number of piperidine rings is 1. The minimum atomic E-state index is -0.395. The summed E-state index contributed by atoms with van der Waals surface area (Å²) in [6, 6.07) is 6.46. The van der Waals surface area contributed by atoms with E-state index in [0.717, 1.165) is 37.9 Å². The highest BCUT2D eigenvalue weighted by molar-refractivity contribution is 5.83. The Kier molecular flexibility index (Phi) is 4.14. The van der Waals surface area contributed by atoms with Crippen molar-refractivity contribution in [3.8, 4) is 0 Å². The molecule has 1 aromatic heterocycles. The summed E-state index contributed by atoms with van der Waals surface area (Å²) in [6.45, 7) is 3.54. The van der Waals surface area contributed by atoms with Gasteiger partial charge in [0.2, 0.25) is 11.8 Å². The first kappa shape index (κ1) is 17.6. The maximum Gasteiger partial charge on any atom is 0.316 e. The molecule has 1 amide bonds. The minimum Gasteiger partial charge on any atom is -0.408 e.